The molecule has 0 unspecified atom stereocenters. The van der Waals surface area contributed by atoms with Crippen molar-refractivity contribution >= 4 is 22.6 Å². The fourth-order valence-electron chi connectivity index (χ4n) is 3.17. The summed E-state index contributed by atoms with van der Waals surface area (Å²) in [6.45, 7) is 8.40. The van der Waals surface area contributed by atoms with Crippen LogP contribution < -0.4 is 5.32 Å². The number of carbonyl (C=O) groups is 1. The predicted octanol–water partition coefficient (Wildman–Crippen LogP) is 3.39. The van der Waals surface area contributed by atoms with Gasteiger partial charge >= 0.3 is 0 Å². The van der Waals surface area contributed by atoms with E-state index >= 15 is 0 Å². The highest BCUT2D eigenvalue weighted by molar-refractivity contribution is 5.93. The standard InChI is InChI=1S/C18H26N4O/c1-3-5-9-21-10-11-22-16-8-7-14(19-18(23)6-4-2)12-15(16)20-17(22)13-21/h7-8,12H,3-6,9-11,13H2,1-2H3,(H,19,23). The van der Waals surface area contributed by atoms with E-state index in [1.54, 1.807) is 0 Å². The van der Waals surface area contributed by atoms with E-state index in [0.717, 1.165) is 49.6 Å². The van der Waals surface area contributed by atoms with E-state index in [0.29, 0.717) is 6.42 Å². The maximum atomic E-state index is 11.7. The van der Waals surface area contributed by atoms with Crippen LogP contribution in [-0.4, -0.2) is 33.4 Å². The molecule has 0 radical (unpaired) electrons. The Labute approximate surface area is 137 Å². The van der Waals surface area contributed by atoms with Crippen molar-refractivity contribution in [3.8, 4) is 0 Å². The lowest BCUT2D eigenvalue weighted by molar-refractivity contribution is -0.116. The number of unbranched alkanes of at least 4 members (excludes halogenated alkanes) is 1. The highest BCUT2D eigenvalue weighted by atomic mass is 16.1. The molecular weight excluding hydrogens is 288 g/mol. The van der Waals surface area contributed by atoms with Crippen LogP contribution in [0.2, 0.25) is 0 Å². The fraction of sp³-hybridized carbons (Fsp3) is 0.556. The molecule has 124 valence electrons. The molecule has 0 aliphatic carbocycles. The third-order valence-corrected chi connectivity index (χ3v) is 4.42. The number of amides is 1. The summed E-state index contributed by atoms with van der Waals surface area (Å²) < 4.78 is 2.31. The Morgan fingerprint density at radius 1 is 1.26 bits per heavy atom. The quantitative estimate of drug-likeness (QED) is 0.889. The van der Waals surface area contributed by atoms with E-state index in [4.69, 9.17) is 4.98 Å². The summed E-state index contributed by atoms with van der Waals surface area (Å²) in [5.74, 6) is 1.21. The first-order chi connectivity index (χ1) is 11.2. The van der Waals surface area contributed by atoms with Gasteiger partial charge in [0.05, 0.1) is 17.6 Å². The minimum atomic E-state index is 0.0709. The van der Waals surface area contributed by atoms with Crippen LogP contribution >= 0.6 is 0 Å². The van der Waals surface area contributed by atoms with Gasteiger partial charge in [0.2, 0.25) is 5.91 Å². The molecule has 1 aromatic heterocycles. The van der Waals surface area contributed by atoms with Crippen LogP contribution in [-0.2, 0) is 17.9 Å². The topological polar surface area (TPSA) is 50.2 Å². The molecule has 2 aromatic rings. The Balaban J connectivity index is 1.78. The Kier molecular flexibility index (Phi) is 4.96. The maximum Gasteiger partial charge on any atom is 0.224 e. The molecule has 5 heteroatoms. The molecule has 3 rings (SSSR count). The van der Waals surface area contributed by atoms with Crippen molar-refractivity contribution in [3.63, 3.8) is 0 Å². The molecule has 0 bridgehead atoms. The van der Waals surface area contributed by atoms with E-state index in [1.165, 1.54) is 18.4 Å². The molecule has 0 atom stereocenters. The Morgan fingerprint density at radius 3 is 2.91 bits per heavy atom. The Morgan fingerprint density at radius 2 is 2.13 bits per heavy atom. The average molecular weight is 314 g/mol. The Bertz CT molecular complexity index is 692. The van der Waals surface area contributed by atoms with Crippen LogP contribution in [0.5, 0.6) is 0 Å². The third kappa shape index (κ3) is 3.55. The summed E-state index contributed by atoms with van der Waals surface area (Å²) in [5, 5.41) is 2.95. The Hall–Kier alpha value is -1.88. The van der Waals surface area contributed by atoms with Crippen molar-refractivity contribution in [2.45, 2.75) is 52.6 Å². The molecule has 2 heterocycles. The molecule has 5 nitrogen and oxygen atoms in total. The number of nitrogens with one attached hydrogen (secondary N) is 1. The van der Waals surface area contributed by atoms with Gasteiger partial charge in [-0.2, -0.15) is 0 Å². The zero-order valence-corrected chi connectivity index (χ0v) is 14.1. The number of benzene rings is 1. The van der Waals surface area contributed by atoms with Crippen molar-refractivity contribution in [2.24, 2.45) is 0 Å². The summed E-state index contributed by atoms with van der Waals surface area (Å²) in [6.07, 6.45) is 3.89. The number of fused-ring (bicyclic) bond motifs is 3. The molecule has 0 spiro atoms. The summed E-state index contributed by atoms with van der Waals surface area (Å²) in [5.41, 5.74) is 2.99. The lowest BCUT2D eigenvalue weighted by Gasteiger charge is -2.27. The first kappa shape index (κ1) is 16.0. The van der Waals surface area contributed by atoms with Crippen LogP contribution in [0, 0.1) is 0 Å². The second kappa shape index (κ2) is 7.13. The van der Waals surface area contributed by atoms with Crippen LogP contribution in [0.3, 0.4) is 0 Å². The van der Waals surface area contributed by atoms with Gasteiger partial charge in [-0.15, -0.1) is 0 Å². The first-order valence-corrected chi connectivity index (χ1v) is 8.72. The molecule has 0 saturated carbocycles. The lowest BCUT2D eigenvalue weighted by Crippen LogP contribution is -2.34. The second-order valence-electron chi connectivity index (χ2n) is 6.31. The number of rotatable bonds is 6. The van der Waals surface area contributed by atoms with Crippen LogP contribution in [0.15, 0.2) is 18.2 Å². The highest BCUT2D eigenvalue weighted by Crippen LogP contribution is 2.24. The van der Waals surface area contributed by atoms with E-state index in [2.05, 4.69) is 27.8 Å². The molecule has 0 saturated heterocycles. The molecule has 0 fully saturated rings. The fourth-order valence-corrected chi connectivity index (χ4v) is 3.17. The molecule has 1 N–H and O–H groups in total. The number of aromatic nitrogens is 2. The molecule has 1 aliphatic rings. The van der Waals surface area contributed by atoms with Gasteiger partial charge in [-0.05, 0) is 37.6 Å². The lowest BCUT2D eigenvalue weighted by atomic mass is 10.2. The average Bonchev–Trinajstić information content (AvgIpc) is 2.89. The molecule has 1 aromatic carbocycles. The van der Waals surface area contributed by atoms with Gasteiger partial charge in [-0.1, -0.05) is 20.3 Å². The van der Waals surface area contributed by atoms with Gasteiger partial charge in [0, 0.05) is 25.2 Å². The number of anilines is 1. The summed E-state index contributed by atoms with van der Waals surface area (Å²) in [4.78, 5) is 19.0. The summed E-state index contributed by atoms with van der Waals surface area (Å²) in [6, 6.07) is 6.05. The normalized spacial score (nSPS) is 14.9. The van der Waals surface area contributed by atoms with Gasteiger partial charge in [-0.3, -0.25) is 9.69 Å². The number of carbonyl (C=O) groups excluding carboxylic acids is 1. The van der Waals surface area contributed by atoms with Crippen molar-refractivity contribution in [2.75, 3.05) is 18.4 Å². The monoisotopic (exact) mass is 314 g/mol. The summed E-state index contributed by atoms with van der Waals surface area (Å²) >= 11 is 0. The zero-order chi connectivity index (χ0) is 16.2. The van der Waals surface area contributed by atoms with Gasteiger partial charge in [-0.25, -0.2) is 4.98 Å². The van der Waals surface area contributed by atoms with Gasteiger partial charge < -0.3 is 9.88 Å². The van der Waals surface area contributed by atoms with Crippen molar-refractivity contribution < 1.29 is 4.79 Å². The van der Waals surface area contributed by atoms with Crippen molar-refractivity contribution in [1.29, 1.82) is 0 Å². The van der Waals surface area contributed by atoms with Crippen LogP contribution in [0.1, 0.15) is 45.4 Å². The maximum absolute atomic E-state index is 11.7. The van der Waals surface area contributed by atoms with Crippen molar-refractivity contribution in [1.82, 2.24) is 14.5 Å². The SMILES string of the molecule is CCCCN1CCn2c(nc3cc(NC(=O)CCC)ccc32)C1. The smallest absolute Gasteiger partial charge is 0.224 e. The number of hydrogen-bond donors (Lipinski definition) is 1. The van der Waals surface area contributed by atoms with E-state index < -0.39 is 0 Å². The molecule has 23 heavy (non-hydrogen) atoms. The first-order valence-electron chi connectivity index (χ1n) is 8.72. The molecule has 1 amide bonds. The minimum absolute atomic E-state index is 0.0709. The number of hydrogen-bond acceptors (Lipinski definition) is 3. The second-order valence-corrected chi connectivity index (χ2v) is 6.31. The van der Waals surface area contributed by atoms with Gasteiger partial charge in [0.15, 0.2) is 0 Å². The van der Waals surface area contributed by atoms with E-state index in [-0.39, 0.29) is 5.91 Å². The van der Waals surface area contributed by atoms with Crippen LogP contribution in [0.25, 0.3) is 11.0 Å². The summed E-state index contributed by atoms with van der Waals surface area (Å²) in [7, 11) is 0. The highest BCUT2D eigenvalue weighted by Gasteiger charge is 2.19. The van der Waals surface area contributed by atoms with Gasteiger partial charge in [0.25, 0.3) is 0 Å². The van der Waals surface area contributed by atoms with Crippen LogP contribution in [0.4, 0.5) is 5.69 Å². The number of imidazole rings is 1. The van der Waals surface area contributed by atoms with Crippen molar-refractivity contribution in [3.05, 3.63) is 24.0 Å². The molecular formula is C18H26N4O. The largest absolute Gasteiger partial charge is 0.326 e. The zero-order valence-electron chi connectivity index (χ0n) is 14.1. The van der Waals surface area contributed by atoms with Gasteiger partial charge in [0.1, 0.15) is 5.82 Å². The van der Waals surface area contributed by atoms with E-state index in [1.807, 2.05) is 19.1 Å². The number of nitrogens with zero attached hydrogens (tertiary/aromatic N) is 3. The van der Waals surface area contributed by atoms with E-state index in [9.17, 15) is 4.79 Å². The third-order valence-electron chi connectivity index (χ3n) is 4.42. The predicted molar refractivity (Wildman–Crippen MR) is 93.5 cm³/mol. The minimum Gasteiger partial charge on any atom is -0.326 e. The molecule has 1 aliphatic heterocycles.